The molecule has 0 spiro atoms. The number of fused-ring (bicyclic) bond motifs is 1. The van der Waals surface area contributed by atoms with E-state index in [1.54, 1.807) is 0 Å². The molecule has 19 heavy (non-hydrogen) atoms. The molecule has 0 saturated heterocycles. The number of aromatic amines is 1. The van der Waals surface area contributed by atoms with Gasteiger partial charge in [-0.25, -0.2) is 4.98 Å². The molecule has 5 nitrogen and oxygen atoms in total. The molecule has 0 amide bonds. The van der Waals surface area contributed by atoms with Crippen molar-refractivity contribution in [2.24, 2.45) is 7.05 Å². The Hall–Kier alpha value is -2.08. The van der Waals surface area contributed by atoms with E-state index in [1.165, 1.54) is 11.8 Å². The molecule has 1 N–H and O–H groups in total. The topological polar surface area (TPSA) is 63.6 Å². The summed E-state index contributed by atoms with van der Waals surface area (Å²) in [6, 6.07) is 9.72. The van der Waals surface area contributed by atoms with Gasteiger partial charge in [-0.05, 0) is 6.26 Å². The van der Waals surface area contributed by atoms with Crippen LogP contribution in [0.15, 0.2) is 40.3 Å². The molecule has 3 rings (SSSR count). The maximum absolute atomic E-state index is 11.9. The fourth-order valence-electron chi connectivity index (χ4n) is 1.98. The number of hydrogen-bond acceptors (Lipinski definition) is 4. The Morgan fingerprint density at radius 1 is 1.21 bits per heavy atom. The van der Waals surface area contributed by atoms with Crippen LogP contribution < -0.4 is 5.56 Å². The summed E-state index contributed by atoms with van der Waals surface area (Å²) in [6.45, 7) is 0. The van der Waals surface area contributed by atoms with Crippen LogP contribution in [0.2, 0.25) is 0 Å². The molecule has 96 valence electrons. The summed E-state index contributed by atoms with van der Waals surface area (Å²) >= 11 is 1.43. The molecule has 0 fully saturated rings. The van der Waals surface area contributed by atoms with Crippen molar-refractivity contribution in [2.75, 3.05) is 6.26 Å². The second-order valence-electron chi connectivity index (χ2n) is 4.11. The first kappa shape index (κ1) is 12.0. The monoisotopic (exact) mass is 272 g/mol. The minimum Gasteiger partial charge on any atom is -0.332 e. The first-order valence-electron chi connectivity index (χ1n) is 5.77. The van der Waals surface area contributed by atoms with Crippen LogP contribution in [0.3, 0.4) is 0 Å². The molecule has 1 aromatic carbocycles. The number of thioether (sulfide) groups is 1. The van der Waals surface area contributed by atoms with E-state index in [-0.39, 0.29) is 5.56 Å². The highest BCUT2D eigenvalue weighted by atomic mass is 32.2. The Morgan fingerprint density at radius 3 is 2.63 bits per heavy atom. The van der Waals surface area contributed by atoms with Gasteiger partial charge in [0.25, 0.3) is 5.56 Å². The van der Waals surface area contributed by atoms with Crippen molar-refractivity contribution in [3.8, 4) is 11.4 Å². The van der Waals surface area contributed by atoms with Crippen molar-refractivity contribution >= 4 is 22.9 Å². The summed E-state index contributed by atoms with van der Waals surface area (Å²) in [5.74, 6) is 0.684. The van der Waals surface area contributed by atoms with Gasteiger partial charge in [0.05, 0.1) is 0 Å². The van der Waals surface area contributed by atoms with Gasteiger partial charge in [-0.3, -0.25) is 4.79 Å². The normalized spacial score (nSPS) is 11.1. The predicted octanol–water partition coefficient (Wildman–Crippen LogP) is 2.05. The van der Waals surface area contributed by atoms with Crippen LogP contribution in [0.5, 0.6) is 0 Å². The number of nitrogens with one attached hydrogen (secondary N) is 1. The number of aromatic nitrogens is 4. The Balaban J connectivity index is 2.30. The summed E-state index contributed by atoms with van der Waals surface area (Å²) in [5, 5.41) is 0.656. The molecule has 0 radical (unpaired) electrons. The second kappa shape index (κ2) is 4.55. The summed E-state index contributed by atoms with van der Waals surface area (Å²) < 4.78 is 1.82. The summed E-state index contributed by atoms with van der Waals surface area (Å²) in [6.07, 6.45) is 1.89. The van der Waals surface area contributed by atoms with Crippen LogP contribution in [0.25, 0.3) is 22.6 Å². The van der Waals surface area contributed by atoms with Gasteiger partial charge in [-0.15, -0.1) is 0 Å². The number of imidazole rings is 1. The van der Waals surface area contributed by atoms with E-state index >= 15 is 0 Å². The van der Waals surface area contributed by atoms with Gasteiger partial charge in [0.2, 0.25) is 0 Å². The highest BCUT2D eigenvalue weighted by Crippen LogP contribution is 2.20. The van der Waals surface area contributed by atoms with Crippen molar-refractivity contribution in [2.45, 2.75) is 5.16 Å². The Morgan fingerprint density at radius 2 is 1.95 bits per heavy atom. The van der Waals surface area contributed by atoms with Gasteiger partial charge in [0.1, 0.15) is 5.82 Å². The third-order valence-corrected chi connectivity index (χ3v) is 3.66. The number of nitrogens with zero attached hydrogens (tertiary/aromatic N) is 3. The molecule has 2 heterocycles. The number of H-pyrrole nitrogens is 1. The quantitative estimate of drug-likeness (QED) is 0.573. The zero-order chi connectivity index (χ0) is 13.4. The lowest BCUT2D eigenvalue weighted by atomic mass is 10.2. The molecule has 0 aliphatic heterocycles. The molecular weight excluding hydrogens is 260 g/mol. The molecule has 0 aliphatic rings. The zero-order valence-electron chi connectivity index (χ0n) is 10.5. The second-order valence-corrected chi connectivity index (χ2v) is 4.89. The van der Waals surface area contributed by atoms with Crippen LogP contribution in [0.1, 0.15) is 0 Å². The van der Waals surface area contributed by atoms with Gasteiger partial charge in [-0.2, -0.15) is 4.98 Å². The Labute approximate surface area is 113 Å². The van der Waals surface area contributed by atoms with Crippen LogP contribution in [-0.4, -0.2) is 25.8 Å². The highest BCUT2D eigenvalue weighted by Gasteiger charge is 2.13. The lowest BCUT2D eigenvalue weighted by Crippen LogP contribution is -2.13. The molecule has 0 atom stereocenters. The first-order chi connectivity index (χ1) is 9.20. The minimum absolute atomic E-state index is 0.271. The van der Waals surface area contributed by atoms with Crippen molar-refractivity contribution in [1.29, 1.82) is 0 Å². The number of aryl methyl sites for hydroxylation is 1. The van der Waals surface area contributed by atoms with E-state index < -0.39 is 0 Å². The highest BCUT2D eigenvalue weighted by molar-refractivity contribution is 7.98. The van der Waals surface area contributed by atoms with Crippen LogP contribution in [0.4, 0.5) is 0 Å². The SMILES string of the molecule is CSc1nc(=O)c2[nH]c(-c3ccccc3)nc2n1C. The minimum atomic E-state index is -0.271. The summed E-state index contributed by atoms with van der Waals surface area (Å²) in [4.78, 5) is 23.5. The predicted molar refractivity (Wildman–Crippen MR) is 76.3 cm³/mol. The average molecular weight is 272 g/mol. The fourth-order valence-corrected chi connectivity index (χ4v) is 2.51. The fraction of sp³-hybridized carbons (Fsp3) is 0.154. The van der Waals surface area contributed by atoms with Gasteiger partial charge in [0, 0.05) is 12.6 Å². The number of rotatable bonds is 2. The largest absolute Gasteiger partial charge is 0.332 e. The van der Waals surface area contributed by atoms with Gasteiger partial charge in [-0.1, -0.05) is 42.1 Å². The van der Waals surface area contributed by atoms with E-state index in [0.717, 1.165) is 5.56 Å². The molecule has 6 heteroatoms. The lowest BCUT2D eigenvalue weighted by molar-refractivity contribution is 0.759. The van der Waals surface area contributed by atoms with Gasteiger partial charge < -0.3 is 9.55 Å². The van der Waals surface area contributed by atoms with Gasteiger partial charge >= 0.3 is 0 Å². The molecule has 0 aliphatic carbocycles. The summed E-state index contributed by atoms with van der Waals surface area (Å²) in [7, 11) is 1.86. The summed E-state index contributed by atoms with van der Waals surface area (Å²) in [5.41, 5.74) is 1.75. The van der Waals surface area contributed by atoms with Crippen molar-refractivity contribution in [3.05, 3.63) is 40.7 Å². The van der Waals surface area contributed by atoms with Crippen LogP contribution in [0, 0.1) is 0 Å². The standard InChI is InChI=1S/C13H12N4OS/c1-17-11-9(12(18)16-13(17)19-2)14-10(15-11)8-6-4-3-5-7-8/h3-7H,1-2H3,(H,14,15). The molecule has 2 aromatic heterocycles. The van der Waals surface area contributed by atoms with Crippen molar-refractivity contribution in [3.63, 3.8) is 0 Å². The van der Waals surface area contributed by atoms with E-state index in [1.807, 2.05) is 48.2 Å². The van der Waals surface area contributed by atoms with Crippen LogP contribution >= 0.6 is 11.8 Å². The van der Waals surface area contributed by atoms with E-state index in [9.17, 15) is 4.79 Å². The van der Waals surface area contributed by atoms with Gasteiger partial charge in [0.15, 0.2) is 16.3 Å². The molecule has 0 saturated carbocycles. The van der Waals surface area contributed by atoms with Crippen molar-refractivity contribution in [1.82, 2.24) is 19.5 Å². The third kappa shape index (κ3) is 1.94. The Bertz CT molecular complexity index is 792. The van der Waals surface area contributed by atoms with E-state index in [0.29, 0.717) is 22.1 Å². The van der Waals surface area contributed by atoms with E-state index in [4.69, 9.17) is 0 Å². The third-order valence-electron chi connectivity index (χ3n) is 2.93. The van der Waals surface area contributed by atoms with Crippen LogP contribution in [-0.2, 0) is 7.05 Å². The molecule has 0 bridgehead atoms. The maximum atomic E-state index is 11.9. The molecule has 0 unspecified atom stereocenters. The van der Waals surface area contributed by atoms with Crippen molar-refractivity contribution < 1.29 is 0 Å². The number of hydrogen-bond donors (Lipinski definition) is 1. The van der Waals surface area contributed by atoms with E-state index in [2.05, 4.69) is 15.0 Å². The Kier molecular flexibility index (Phi) is 2.87. The molecule has 3 aromatic rings. The first-order valence-corrected chi connectivity index (χ1v) is 6.99. The molecular formula is C13H12N4OS. The smallest absolute Gasteiger partial charge is 0.299 e. The zero-order valence-corrected chi connectivity index (χ0v) is 11.4. The lowest BCUT2D eigenvalue weighted by Gasteiger charge is -2.03. The maximum Gasteiger partial charge on any atom is 0.299 e. The average Bonchev–Trinajstić information content (AvgIpc) is 2.90. The number of benzene rings is 1.